The quantitative estimate of drug-likeness (QED) is 0.772. The third kappa shape index (κ3) is 3.21. The van der Waals surface area contributed by atoms with E-state index in [9.17, 15) is 0 Å². The molecule has 1 N–H and O–H groups in total. The van der Waals surface area contributed by atoms with Crippen molar-refractivity contribution in [3.05, 3.63) is 0 Å². The highest BCUT2D eigenvalue weighted by Gasteiger charge is 2.26. The van der Waals surface area contributed by atoms with Gasteiger partial charge in [0.05, 0.1) is 0 Å². The Morgan fingerprint density at radius 1 is 1.31 bits per heavy atom. The van der Waals surface area contributed by atoms with E-state index in [1.54, 1.807) is 0 Å². The summed E-state index contributed by atoms with van der Waals surface area (Å²) in [5.41, 5.74) is 0. The van der Waals surface area contributed by atoms with Crippen LogP contribution in [0.3, 0.4) is 0 Å². The predicted octanol–water partition coefficient (Wildman–Crippen LogP) is 2.50. The summed E-state index contributed by atoms with van der Waals surface area (Å²) in [6.45, 7) is 9.98. The van der Waals surface area contributed by atoms with E-state index < -0.39 is 0 Å². The first kappa shape index (κ1) is 12.4. The van der Waals surface area contributed by atoms with Gasteiger partial charge in [0, 0.05) is 6.04 Å². The second kappa shape index (κ2) is 6.02. The SMILES string of the molecule is CC(C)C1CCCN1CCCC1CCNC1. The summed E-state index contributed by atoms with van der Waals surface area (Å²) in [6, 6.07) is 0.877. The number of hydrogen-bond acceptors (Lipinski definition) is 2. The summed E-state index contributed by atoms with van der Waals surface area (Å²) in [5.74, 6) is 1.82. The molecule has 0 aromatic carbocycles. The minimum Gasteiger partial charge on any atom is -0.316 e. The van der Waals surface area contributed by atoms with Crippen LogP contribution in [-0.2, 0) is 0 Å². The van der Waals surface area contributed by atoms with Gasteiger partial charge in [-0.2, -0.15) is 0 Å². The molecule has 0 saturated carbocycles. The molecule has 0 radical (unpaired) electrons. The molecule has 2 aliphatic rings. The second-order valence-corrected chi connectivity index (χ2v) is 5.99. The number of rotatable bonds is 5. The molecule has 2 saturated heterocycles. The van der Waals surface area contributed by atoms with E-state index in [-0.39, 0.29) is 0 Å². The Bertz CT molecular complexity index is 197. The van der Waals surface area contributed by atoms with Crippen LogP contribution in [0, 0.1) is 11.8 Å². The molecule has 0 amide bonds. The van der Waals surface area contributed by atoms with Crippen LogP contribution in [0.25, 0.3) is 0 Å². The lowest BCUT2D eigenvalue weighted by Gasteiger charge is -2.27. The molecule has 2 heterocycles. The maximum atomic E-state index is 3.46. The topological polar surface area (TPSA) is 15.3 Å². The van der Waals surface area contributed by atoms with Crippen LogP contribution in [0.4, 0.5) is 0 Å². The average molecular weight is 224 g/mol. The van der Waals surface area contributed by atoms with Crippen molar-refractivity contribution in [3.63, 3.8) is 0 Å². The van der Waals surface area contributed by atoms with Gasteiger partial charge in [0.25, 0.3) is 0 Å². The Kier molecular flexibility index (Phi) is 4.66. The van der Waals surface area contributed by atoms with Crippen LogP contribution in [0.5, 0.6) is 0 Å². The smallest absolute Gasteiger partial charge is 0.0119 e. The summed E-state index contributed by atoms with van der Waals surface area (Å²) >= 11 is 0. The molecule has 0 aromatic rings. The summed E-state index contributed by atoms with van der Waals surface area (Å²) in [5, 5.41) is 3.46. The molecule has 2 nitrogen and oxygen atoms in total. The van der Waals surface area contributed by atoms with Crippen molar-refractivity contribution in [2.24, 2.45) is 11.8 Å². The zero-order valence-corrected chi connectivity index (χ0v) is 11.0. The standard InChI is InChI=1S/C14H28N2/c1-12(2)14-6-4-10-16(14)9-3-5-13-7-8-15-11-13/h12-15H,3-11H2,1-2H3. The first-order valence-electron chi connectivity index (χ1n) is 7.22. The second-order valence-electron chi connectivity index (χ2n) is 5.99. The Labute approximate surface area is 101 Å². The van der Waals surface area contributed by atoms with E-state index in [1.807, 2.05) is 0 Å². The summed E-state index contributed by atoms with van der Waals surface area (Å²) in [7, 11) is 0. The molecule has 0 aliphatic carbocycles. The maximum Gasteiger partial charge on any atom is 0.0119 e. The number of nitrogens with one attached hydrogen (secondary N) is 1. The largest absolute Gasteiger partial charge is 0.316 e. The molecular formula is C14H28N2. The van der Waals surface area contributed by atoms with Crippen LogP contribution in [-0.4, -0.2) is 37.1 Å². The van der Waals surface area contributed by atoms with Crippen molar-refractivity contribution in [2.75, 3.05) is 26.2 Å². The van der Waals surface area contributed by atoms with Gasteiger partial charge in [0.1, 0.15) is 0 Å². The van der Waals surface area contributed by atoms with Crippen molar-refractivity contribution < 1.29 is 0 Å². The van der Waals surface area contributed by atoms with E-state index in [1.165, 1.54) is 58.3 Å². The van der Waals surface area contributed by atoms with Crippen molar-refractivity contribution in [1.82, 2.24) is 10.2 Å². The van der Waals surface area contributed by atoms with Crippen molar-refractivity contribution in [2.45, 2.75) is 52.0 Å². The fourth-order valence-electron chi connectivity index (χ4n) is 3.43. The third-order valence-corrected chi connectivity index (χ3v) is 4.40. The van der Waals surface area contributed by atoms with Crippen molar-refractivity contribution in [3.8, 4) is 0 Å². The predicted molar refractivity (Wildman–Crippen MR) is 69.6 cm³/mol. The van der Waals surface area contributed by atoms with Gasteiger partial charge in [-0.05, 0) is 70.1 Å². The minimum absolute atomic E-state index is 0.843. The van der Waals surface area contributed by atoms with Gasteiger partial charge >= 0.3 is 0 Å². The van der Waals surface area contributed by atoms with Crippen LogP contribution in [0.15, 0.2) is 0 Å². The van der Waals surface area contributed by atoms with E-state index in [0.29, 0.717) is 0 Å². The monoisotopic (exact) mass is 224 g/mol. The maximum absolute atomic E-state index is 3.46. The molecule has 0 aromatic heterocycles. The fraction of sp³-hybridized carbons (Fsp3) is 1.00. The zero-order chi connectivity index (χ0) is 11.4. The van der Waals surface area contributed by atoms with E-state index in [0.717, 1.165) is 17.9 Å². The normalized spacial score (nSPS) is 31.7. The molecule has 2 heteroatoms. The highest BCUT2D eigenvalue weighted by molar-refractivity contribution is 4.81. The van der Waals surface area contributed by atoms with E-state index in [4.69, 9.17) is 0 Å². The lowest BCUT2D eigenvalue weighted by Crippen LogP contribution is -2.34. The first-order chi connectivity index (χ1) is 7.77. The minimum atomic E-state index is 0.843. The summed E-state index contributed by atoms with van der Waals surface area (Å²) in [6.07, 6.45) is 7.12. The van der Waals surface area contributed by atoms with Gasteiger partial charge < -0.3 is 10.2 Å². The Balaban J connectivity index is 1.64. The van der Waals surface area contributed by atoms with E-state index in [2.05, 4.69) is 24.1 Å². The van der Waals surface area contributed by atoms with Crippen molar-refractivity contribution >= 4 is 0 Å². The summed E-state index contributed by atoms with van der Waals surface area (Å²) in [4.78, 5) is 2.74. The fourth-order valence-corrected chi connectivity index (χ4v) is 3.43. The molecule has 2 unspecified atom stereocenters. The molecule has 2 fully saturated rings. The zero-order valence-electron chi connectivity index (χ0n) is 11.0. The lowest BCUT2D eigenvalue weighted by atomic mass is 10.00. The molecular weight excluding hydrogens is 196 g/mol. The van der Waals surface area contributed by atoms with Crippen LogP contribution < -0.4 is 5.32 Å². The average Bonchev–Trinajstić information content (AvgIpc) is 2.87. The first-order valence-corrected chi connectivity index (χ1v) is 7.22. The van der Waals surface area contributed by atoms with Gasteiger partial charge in [0.2, 0.25) is 0 Å². The van der Waals surface area contributed by atoms with Gasteiger partial charge in [-0.1, -0.05) is 13.8 Å². The van der Waals surface area contributed by atoms with Crippen LogP contribution >= 0.6 is 0 Å². The van der Waals surface area contributed by atoms with Crippen LogP contribution in [0.2, 0.25) is 0 Å². The molecule has 0 bridgehead atoms. The Morgan fingerprint density at radius 3 is 2.88 bits per heavy atom. The number of nitrogens with zero attached hydrogens (tertiary/aromatic N) is 1. The van der Waals surface area contributed by atoms with Gasteiger partial charge in [0.15, 0.2) is 0 Å². The lowest BCUT2D eigenvalue weighted by molar-refractivity contribution is 0.200. The molecule has 94 valence electrons. The van der Waals surface area contributed by atoms with E-state index >= 15 is 0 Å². The van der Waals surface area contributed by atoms with Crippen LogP contribution in [0.1, 0.15) is 46.0 Å². The third-order valence-electron chi connectivity index (χ3n) is 4.40. The van der Waals surface area contributed by atoms with Gasteiger partial charge in [-0.3, -0.25) is 0 Å². The molecule has 16 heavy (non-hydrogen) atoms. The number of hydrogen-bond donors (Lipinski definition) is 1. The Morgan fingerprint density at radius 2 is 2.19 bits per heavy atom. The molecule has 2 rings (SSSR count). The highest BCUT2D eigenvalue weighted by Crippen LogP contribution is 2.24. The molecule has 2 aliphatic heterocycles. The highest BCUT2D eigenvalue weighted by atomic mass is 15.2. The Hall–Kier alpha value is -0.0800. The molecule has 2 atom stereocenters. The number of likely N-dealkylation sites (tertiary alicyclic amines) is 1. The van der Waals surface area contributed by atoms with Gasteiger partial charge in [-0.15, -0.1) is 0 Å². The van der Waals surface area contributed by atoms with Gasteiger partial charge in [-0.25, -0.2) is 0 Å². The molecule has 0 spiro atoms. The van der Waals surface area contributed by atoms with Crippen molar-refractivity contribution in [1.29, 1.82) is 0 Å². The summed E-state index contributed by atoms with van der Waals surface area (Å²) < 4.78 is 0.